The smallest absolute Gasteiger partial charge is 0.387 e. The van der Waals surface area contributed by atoms with Crippen LogP contribution in [0.2, 0.25) is 0 Å². The van der Waals surface area contributed by atoms with E-state index in [0.29, 0.717) is 22.9 Å². The summed E-state index contributed by atoms with van der Waals surface area (Å²) in [7, 11) is 0. The molecule has 0 aromatic heterocycles. The normalized spacial score (nSPS) is 12.4. The van der Waals surface area contributed by atoms with E-state index in [0.717, 1.165) is 0 Å². The highest BCUT2D eigenvalue weighted by Crippen LogP contribution is 2.25. The van der Waals surface area contributed by atoms with Crippen molar-refractivity contribution in [3.8, 4) is 5.75 Å². The van der Waals surface area contributed by atoms with E-state index in [2.05, 4.69) is 26.0 Å². The topological polar surface area (TPSA) is 58.6 Å². The predicted octanol–water partition coefficient (Wildman–Crippen LogP) is 3.39. The summed E-state index contributed by atoms with van der Waals surface area (Å²) in [5, 5.41) is 11.9. The molecule has 1 atom stereocenters. The van der Waals surface area contributed by atoms with Crippen molar-refractivity contribution < 1.29 is 23.4 Å². The number of ether oxygens (including phenoxy) is 1. The quantitative estimate of drug-likeness (QED) is 0.753. The monoisotopic (exact) mass is 351 g/mol. The number of carboxylic acids is 1. The highest BCUT2D eigenvalue weighted by molar-refractivity contribution is 9.10. The van der Waals surface area contributed by atoms with Gasteiger partial charge in [0.05, 0.1) is 0 Å². The lowest BCUT2D eigenvalue weighted by Gasteiger charge is -2.16. The Kier molecular flexibility index (Phi) is 6.87. The van der Waals surface area contributed by atoms with E-state index in [9.17, 15) is 13.6 Å². The zero-order valence-electron chi connectivity index (χ0n) is 10.9. The lowest BCUT2D eigenvalue weighted by molar-refractivity contribution is -0.139. The lowest BCUT2D eigenvalue weighted by atomic mass is 10.1. The summed E-state index contributed by atoms with van der Waals surface area (Å²) >= 11 is 3.24. The first-order chi connectivity index (χ1) is 9.43. The van der Waals surface area contributed by atoms with Crippen molar-refractivity contribution in [2.75, 3.05) is 0 Å². The number of hydrogen-bond acceptors (Lipinski definition) is 3. The summed E-state index contributed by atoms with van der Waals surface area (Å²) in [6.45, 7) is -0.901. The number of hydrogen-bond donors (Lipinski definition) is 2. The van der Waals surface area contributed by atoms with Gasteiger partial charge in [-0.25, -0.2) is 0 Å². The minimum Gasteiger partial charge on any atom is -0.480 e. The van der Waals surface area contributed by atoms with Crippen LogP contribution in [0.1, 0.15) is 25.3 Å². The van der Waals surface area contributed by atoms with E-state index in [1.54, 1.807) is 12.1 Å². The fraction of sp³-hybridized carbons (Fsp3) is 0.462. The maximum absolute atomic E-state index is 12.3. The second kappa shape index (κ2) is 8.16. The van der Waals surface area contributed by atoms with E-state index in [1.165, 1.54) is 6.07 Å². The second-order valence-corrected chi connectivity index (χ2v) is 5.11. The molecule has 1 unspecified atom stereocenters. The molecule has 0 saturated heterocycles. The summed E-state index contributed by atoms with van der Waals surface area (Å²) in [5.74, 6) is -0.922. The Morgan fingerprint density at radius 1 is 1.50 bits per heavy atom. The number of carboxylic acid groups (broad SMARTS) is 1. The SMILES string of the molecule is CCCC(NCc1cc(Br)ccc1OC(F)F)C(=O)O. The minimum absolute atomic E-state index is 0.0383. The van der Waals surface area contributed by atoms with E-state index in [-0.39, 0.29) is 12.3 Å². The van der Waals surface area contributed by atoms with E-state index < -0.39 is 18.6 Å². The van der Waals surface area contributed by atoms with Gasteiger partial charge in [0, 0.05) is 16.6 Å². The molecule has 2 N–H and O–H groups in total. The van der Waals surface area contributed by atoms with Gasteiger partial charge in [-0.2, -0.15) is 8.78 Å². The molecule has 0 aliphatic carbocycles. The summed E-state index contributed by atoms with van der Waals surface area (Å²) in [6, 6.07) is 3.92. The fourth-order valence-corrected chi connectivity index (χ4v) is 2.14. The summed E-state index contributed by atoms with van der Waals surface area (Å²) in [4.78, 5) is 11.0. The first-order valence-electron chi connectivity index (χ1n) is 6.13. The largest absolute Gasteiger partial charge is 0.480 e. The Morgan fingerprint density at radius 2 is 2.20 bits per heavy atom. The Bertz CT molecular complexity index is 457. The third kappa shape index (κ3) is 5.42. The number of aliphatic carboxylic acids is 1. The number of carbonyl (C=O) groups is 1. The zero-order chi connectivity index (χ0) is 15.1. The molecule has 1 aromatic carbocycles. The van der Waals surface area contributed by atoms with Crippen molar-refractivity contribution in [3.63, 3.8) is 0 Å². The molecule has 0 aliphatic rings. The average molecular weight is 352 g/mol. The molecular weight excluding hydrogens is 336 g/mol. The van der Waals surface area contributed by atoms with Crippen LogP contribution in [0.15, 0.2) is 22.7 Å². The van der Waals surface area contributed by atoms with Crippen LogP contribution in [0.5, 0.6) is 5.75 Å². The Hall–Kier alpha value is -1.21. The van der Waals surface area contributed by atoms with Crippen molar-refractivity contribution in [2.24, 2.45) is 0 Å². The van der Waals surface area contributed by atoms with Crippen LogP contribution in [0.3, 0.4) is 0 Å². The molecule has 1 rings (SSSR count). The molecule has 0 saturated carbocycles. The molecule has 7 heteroatoms. The molecule has 4 nitrogen and oxygen atoms in total. The van der Waals surface area contributed by atoms with Gasteiger partial charge in [0.1, 0.15) is 11.8 Å². The summed E-state index contributed by atoms with van der Waals surface area (Å²) < 4.78 is 29.7. The lowest BCUT2D eigenvalue weighted by Crippen LogP contribution is -2.36. The van der Waals surface area contributed by atoms with Crippen molar-refractivity contribution in [1.82, 2.24) is 5.32 Å². The Morgan fingerprint density at radius 3 is 2.75 bits per heavy atom. The van der Waals surface area contributed by atoms with Gasteiger partial charge in [-0.15, -0.1) is 0 Å². The molecule has 20 heavy (non-hydrogen) atoms. The molecule has 0 bridgehead atoms. The van der Waals surface area contributed by atoms with Gasteiger partial charge in [0.2, 0.25) is 0 Å². The third-order valence-corrected chi connectivity index (χ3v) is 3.15. The van der Waals surface area contributed by atoms with Gasteiger partial charge in [0.25, 0.3) is 0 Å². The van der Waals surface area contributed by atoms with Gasteiger partial charge in [-0.1, -0.05) is 29.3 Å². The molecule has 0 aliphatic heterocycles. The van der Waals surface area contributed by atoms with Crippen molar-refractivity contribution in [3.05, 3.63) is 28.2 Å². The zero-order valence-corrected chi connectivity index (χ0v) is 12.5. The summed E-state index contributed by atoms with van der Waals surface area (Å²) in [5.41, 5.74) is 0.474. The van der Waals surface area contributed by atoms with Gasteiger partial charge < -0.3 is 15.2 Å². The maximum atomic E-state index is 12.3. The number of rotatable bonds is 8. The Balaban J connectivity index is 2.79. The van der Waals surface area contributed by atoms with Crippen molar-refractivity contribution >= 4 is 21.9 Å². The van der Waals surface area contributed by atoms with Crippen LogP contribution in [0.4, 0.5) is 8.78 Å². The fourth-order valence-electron chi connectivity index (χ4n) is 1.73. The molecule has 112 valence electrons. The molecular formula is C13H16BrF2NO3. The predicted molar refractivity (Wildman–Crippen MR) is 73.9 cm³/mol. The summed E-state index contributed by atoms with van der Waals surface area (Å²) in [6.07, 6.45) is 1.18. The first-order valence-corrected chi connectivity index (χ1v) is 6.92. The number of nitrogens with one attached hydrogen (secondary N) is 1. The minimum atomic E-state index is -2.92. The van der Waals surface area contributed by atoms with Gasteiger partial charge in [-0.05, 0) is 24.6 Å². The van der Waals surface area contributed by atoms with Crippen LogP contribution in [0.25, 0.3) is 0 Å². The van der Waals surface area contributed by atoms with E-state index in [1.807, 2.05) is 6.92 Å². The van der Waals surface area contributed by atoms with Gasteiger partial charge in [0.15, 0.2) is 0 Å². The highest BCUT2D eigenvalue weighted by Gasteiger charge is 2.17. The molecule has 0 amide bonds. The Labute approximate surface area is 124 Å². The van der Waals surface area contributed by atoms with E-state index >= 15 is 0 Å². The van der Waals surface area contributed by atoms with Crippen LogP contribution in [0, 0.1) is 0 Å². The number of alkyl halides is 2. The number of benzene rings is 1. The molecule has 0 heterocycles. The first kappa shape index (κ1) is 16.8. The van der Waals surface area contributed by atoms with Crippen LogP contribution >= 0.6 is 15.9 Å². The maximum Gasteiger partial charge on any atom is 0.387 e. The molecule has 0 fully saturated rings. The van der Waals surface area contributed by atoms with Crippen LogP contribution in [-0.4, -0.2) is 23.7 Å². The molecule has 1 aromatic rings. The van der Waals surface area contributed by atoms with Crippen molar-refractivity contribution in [1.29, 1.82) is 0 Å². The third-order valence-electron chi connectivity index (χ3n) is 2.65. The molecule has 0 spiro atoms. The van der Waals surface area contributed by atoms with Crippen LogP contribution < -0.4 is 10.1 Å². The van der Waals surface area contributed by atoms with Gasteiger partial charge in [-0.3, -0.25) is 4.79 Å². The number of halogens is 3. The standard InChI is InChI=1S/C13H16BrF2NO3/c1-2-3-10(12(18)19)17-7-8-6-9(14)4-5-11(8)20-13(15)16/h4-6,10,13,17H,2-3,7H2,1H3,(H,18,19). The average Bonchev–Trinajstić information content (AvgIpc) is 2.36. The highest BCUT2D eigenvalue weighted by atomic mass is 79.9. The van der Waals surface area contributed by atoms with Gasteiger partial charge >= 0.3 is 12.6 Å². The second-order valence-electron chi connectivity index (χ2n) is 4.19. The van der Waals surface area contributed by atoms with Crippen LogP contribution in [-0.2, 0) is 11.3 Å². The molecule has 0 radical (unpaired) electrons. The van der Waals surface area contributed by atoms with E-state index in [4.69, 9.17) is 5.11 Å². The van der Waals surface area contributed by atoms with Crippen molar-refractivity contribution in [2.45, 2.75) is 39.0 Å².